The molecule has 4 atom stereocenters. The number of methoxy groups -OCH3 is 1. The lowest BCUT2D eigenvalue weighted by Crippen LogP contribution is -2.49. The van der Waals surface area contributed by atoms with Gasteiger partial charge in [-0.05, 0) is 49.4 Å². The van der Waals surface area contributed by atoms with Crippen LogP contribution in [0, 0.1) is 11.8 Å². The van der Waals surface area contributed by atoms with Gasteiger partial charge in [-0.1, -0.05) is 18.6 Å². The molecule has 2 fully saturated rings. The van der Waals surface area contributed by atoms with Gasteiger partial charge in [-0.25, -0.2) is 0 Å². The van der Waals surface area contributed by atoms with Gasteiger partial charge in [0.25, 0.3) is 0 Å². The molecule has 4 unspecified atom stereocenters. The third-order valence-electron chi connectivity index (χ3n) is 5.94. The first-order valence-corrected chi connectivity index (χ1v) is 9.45. The number of ether oxygens (including phenoxy) is 1. The van der Waals surface area contributed by atoms with Crippen LogP contribution in [-0.2, 0) is 9.59 Å². The summed E-state index contributed by atoms with van der Waals surface area (Å²) in [7, 11) is 3.41. The van der Waals surface area contributed by atoms with E-state index in [4.69, 9.17) is 10.5 Å². The Labute approximate surface area is 155 Å². The van der Waals surface area contributed by atoms with E-state index in [1.807, 2.05) is 24.3 Å². The van der Waals surface area contributed by atoms with Gasteiger partial charge in [0.1, 0.15) is 5.75 Å². The molecule has 2 aliphatic rings. The number of nitrogens with zero attached hydrogens (tertiary/aromatic N) is 1. The van der Waals surface area contributed by atoms with Gasteiger partial charge in [0, 0.05) is 19.5 Å². The standard InChI is InChI=1S/C20H29N3O3/c1-23-18(24)11-10-16(19(23)13-6-8-15(26-2)9-7-13)20(25)22-17-5-3-4-14(17)12-21/h6-9,14,16-17,19H,3-5,10-12,21H2,1-2H3,(H,22,25). The number of piperidine rings is 1. The molecule has 1 aromatic carbocycles. The Bertz CT molecular complexity index is 646. The number of carbonyl (C=O) groups is 2. The van der Waals surface area contributed by atoms with Crippen molar-refractivity contribution in [2.45, 2.75) is 44.2 Å². The summed E-state index contributed by atoms with van der Waals surface area (Å²) in [4.78, 5) is 27.0. The highest BCUT2D eigenvalue weighted by molar-refractivity contribution is 5.85. The number of hydrogen-bond acceptors (Lipinski definition) is 4. The van der Waals surface area contributed by atoms with Crippen LogP contribution < -0.4 is 15.8 Å². The van der Waals surface area contributed by atoms with Gasteiger partial charge >= 0.3 is 0 Å². The first-order chi connectivity index (χ1) is 12.5. The second kappa shape index (κ2) is 8.08. The Balaban J connectivity index is 1.80. The summed E-state index contributed by atoms with van der Waals surface area (Å²) in [5, 5.41) is 3.23. The Morgan fingerprint density at radius 1 is 1.27 bits per heavy atom. The van der Waals surface area contributed by atoms with Gasteiger partial charge in [-0.3, -0.25) is 9.59 Å². The average molecular weight is 359 g/mol. The monoisotopic (exact) mass is 359 g/mol. The molecule has 0 spiro atoms. The van der Waals surface area contributed by atoms with E-state index < -0.39 is 0 Å². The lowest BCUT2D eigenvalue weighted by atomic mass is 9.83. The summed E-state index contributed by atoms with van der Waals surface area (Å²) >= 11 is 0. The Morgan fingerprint density at radius 3 is 2.65 bits per heavy atom. The maximum atomic E-state index is 13.1. The van der Waals surface area contributed by atoms with Crippen LogP contribution in [0.3, 0.4) is 0 Å². The van der Waals surface area contributed by atoms with Gasteiger partial charge in [0.05, 0.1) is 19.1 Å². The summed E-state index contributed by atoms with van der Waals surface area (Å²) < 4.78 is 5.22. The average Bonchev–Trinajstić information content (AvgIpc) is 3.11. The van der Waals surface area contributed by atoms with Gasteiger partial charge in [0.2, 0.25) is 11.8 Å². The molecule has 1 heterocycles. The molecule has 6 nitrogen and oxygen atoms in total. The number of likely N-dealkylation sites (tertiary alicyclic amines) is 1. The van der Waals surface area contributed by atoms with Crippen molar-refractivity contribution in [1.82, 2.24) is 10.2 Å². The topological polar surface area (TPSA) is 84.7 Å². The molecule has 0 bridgehead atoms. The second-order valence-electron chi connectivity index (χ2n) is 7.41. The van der Waals surface area contributed by atoms with Gasteiger partial charge in [0.15, 0.2) is 0 Å². The highest BCUT2D eigenvalue weighted by Gasteiger charge is 2.40. The molecular weight excluding hydrogens is 330 g/mol. The van der Waals surface area contributed by atoms with Crippen molar-refractivity contribution >= 4 is 11.8 Å². The van der Waals surface area contributed by atoms with Crippen molar-refractivity contribution in [1.29, 1.82) is 0 Å². The van der Waals surface area contributed by atoms with Crippen LogP contribution in [0.5, 0.6) is 5.75 Å². The summed E-state index contributed by atoms with van der Waals surface area (Å²) in [5.41, 5.74) is 6.81. The first-order valence-electron chi connectivity index (χ1n) is 9.45. The van der Waals surface area contributed by atoms with Gasteiger partial charge in [-0.2, -0.15) is 0 Å². The molecular formula is C20H29N3O3. The molecule has 1 saturated carbocycles. The minimum atomic E-state index is -0.250. The van der Waals surface area contributed by atoms with Gasteiger partial charge in [-0.15, -0.1) is 0 Å². The molecule has 3 rings (SSSR count). The fraction of sp³-hybridized carbons (Fsp3) is 0.600. The third-order valence-corrected chi connectivity index (χ3v) is 5.94. The minimum absolute atomic E-state index is 0.0375. The SMILES string of the molecule is COc1ccc(C2C(C(=O)NC3CCCC3CN)CCC(=O)N2C)cc1. The number of nitrogens with one attached hydrogen (secondary N) is 1. The van der Waals surface area contributed by atoms with Crippen LogP contribution in [0.1, 0.15) is 43.7 Å². The Morgan fingerprint density at radius 2 is 2.00 bits per heavy atom. The summed E-state index contributed by atoms with van der Waals surface area (Å²) in [6.07, 6.45) is 4.16. The maximum Gasteiger partial charge on any atom is 0.225 e. The predicted octanol–water partition coefficient (Wildman–Crippen LogP) is 1.85. The summed E-state index contributed by atoms with van der Waals surface area (Å²) in [6, 6.07) is 7.54. The molecule has 0 aromatic heterocycles. The molecule has 1 saturated heterocycles. The van der Waals surface area contributed by atoms with Crippen molar-refractivity contribution in [2.75, 3.05) is 20.7 Å². The van der Waals surface area contributed by atoms with E-state index in [2.05, 4.69) is 5.32 Å². The fourth-order valence-corrected chi connectivity index (χ4v) is 4.37. The van der Waals surface area contributed by atoms with Crippen LogP contribution in [0.15, 0.2) is 24.3 Å². The molecule has 3 N–H and O–H groups in total. The van der Waals surface area contributed by atoms with Crippen molar-refractivity contribution in [2.24, 2.45) is 17.6 Å². The smallest absolute Gasteiger partial charge is 0.225 e. The molecule has 142 valence electrons. The number of amides is 2. The van der Waals surface area contributed by atoms with E-state index >= 15 is 0 Å². The molecule has 0 radical (unpaired) electrons. The van der Waals surface area contributed by atoms with Crippen LogP contribution in [0.4, 0.5) is 0 Å². The van der Waals surface area contributed by atoms with E-state index in [0.29, 0.717) is 25.3 Å². The summed E-state index contributed by atoms with van der Waals surface area (Å²) in [6.45, 7) is 0.607. The highest BCUT2D eigenvalue weighted by Crippen LogP contribution is 2.37. The van der Waals surface area contributed by atoms with E-state index in [1.165, 1.54) is 0 Å². The number of carbonyl (C=O) groups excluding carboxylic acids is 2. The normalized spacial score (nSPS) is 28.9. The molecule has 6 heteroatoms. The lowest BCUT2D eigenvalue weighted by Gasteiger charge is -2.39. The van der Waals surface area contributed by atoms with Crippen molar-refractivity contribution in [3.63, 3.8) is 0 Å². The van der Waals surface area contributed by atoms with E-state index in [-0.39, 0.29) is 29.8 Å². The number of benzene rings is 1. The van der Waals surface area contributed by atoms with E-state index in [1.54, 1.807) is 19.1 Å². The largest absolute Gasteiger partial charge is 0.497 e. The zero-order chi connectivity index (χ0) is 18.7. The number of rotatable bonds is 5. The van der Waals surface area contributed by atoms with Crippen LogP contribution in [-0.4, -0.2) is 43.5 Å². The van der Waals surface area contributed by atoms with Crippen molar-refractivity contribution in [3.8, 4) is 5.75 Å². The van der Waals surface area contributed by atoms with E-state index in [0.717, 1.165) is 30.6 Å². The summed E-state index contributed by atoms with van der Waals surface area (Å²) in [5.74, 6) is 0.994. The molecule has 2 amide bonds. The lowest BCUT2D eigenvalue weighted by molar-refractivity contribution is -0.142. The first kappa shape index (κ1) is 18.7. The van der Waals surface area contributed by atoms with E-state index in [9.17, 15) is 9.59 Å². The van der Waals surface area contributed by atoms with Gasteiger partial charge < -0.3 is 20.7 Å². The van der Waals surface area contributed by atoms with Crippen molar-refractivity contribution < 1.29 is 14.3 Å². The molecule has 1 aromatic rings. The molecule has 1 aliphatic carbocycles. The van der Waals surface area contributed by atoms with Crippen LogP contribution in [0.2, 0.25) is 0 Å². The zero-order valence-electron chi connectivity index (χ0n) is 15.6. The number of hydrogen-bond donors (Lipinski definition) is 2. The number of nitrogens with two attached hydrogens (primary N) is 1. The fourth-order valence-electron chi connectivity index (χ4n) is 4.37. The minimum Gasteiger partial charge on any atom is -0.497 e. The maximum absolute atomic E-state index is 13.1. The predicted molar refractivity (Wildman–Crippen MR) is 99.6 cm³/mol. The third kappa shape index (κ3) is 3.70. The van der Waals surface area contributed by atoms with Crippen LogP contribution in [0.25, 0.3) is 0 Å². The zero-order valence-corrected chi connectivity index (χ0v) is 15.6. The molecule has 1 aliphatic heterocycles. The van der Waals surface area contributed by atoms with Crippen LogP contribution >= 0.6 is 0 Å². The van der Waals surface area contributed by atoms with Crippen molar-refractivity contribution in [3.05, 3.63) is 29.8 Å². The highest BCUT2D eigenvalue weighted by atomic mass is 16.5. The molecule has 26 heavy (non-hydrogen) atoms. The Hall–Kier alpha value is -2.08. The second-order valence-corrected chi connectivity index (χ2v) is 7.41. The quantitative estimate of drug-likeness (QED) is 0.840. The Kier molecular flexibility index (Phi) is 5.81.